The number of aromatic nitrogens is 1. The number of rotatable bonds is 2. The van der Waals surface area contributed by atoms with E-state index in [-0.39, 0.29) is 0 Å². The van der Waals surface area contributed by atoms with Crippen molar-refractivity contribution in [1.29, 1.82) is 0 Å². The van der Waals surface area contributed by atoms with Gasteiger partial charge in [-0.05, 0) is 30.0 Å². The molecule has 1 fully saturated rings. The van der Waals surface area contributed by atoms with Crippen LogP contribution in [0.3, 0.4) is 0 Å². The molecule has 1 aromatic heterocycles. The standard InChI is InChI=1S/C15H16N2/c1-2-5-12(6-3-1)14-8-9-15(17-14)13-7-4-10-16-11-13/h1-7,10-11,14-15,17H,8-9H2/t14-,15-/m0/s1. The smallest absolute Gasteiger partial charge is 0.0341 e. The van der Waals surface area contributed by atoms with Crippen molar-refractivity contribution in [2.24, 2.45) is 0 Å². The minimum absolute atomic E-state index is 0.453. The lowest BCUT2D eigenvalue weighted by molar-refractivity contribution is 0.573. The Bertz CT molecular complexity index is 421. The van der Waals surface area contributed by atoms with Crippen LogP contribution in [0, 0.1) is 0 Å². The predicted octanol–water partition coefficient (Wildman–Crippen LogP) is 3.25. The van der Waals surface area contributed by atoms with Crippen molar-refractivity contribution in [2.45, 2.75) is 24.9 Å². The number of hydrogen-bond acceptors (Lipinski definition) is 2. The fourth-order valence-corrected chi connectivity index (χ4v) is 2.54. The number of nitrogens with one attached hydrogen (secondary N) is 1. The third-order valence-corrected chi connectivity index (χ3v) is 3.44. The molecule has 2 atom stereocenters. The highest BCUT2D eigenvalue weighted by atomic mass is 15.0. The number of nitrogens with zero attached hydrogens (tertiary/aromatic N) is 1. The molecule has 0 amide bonds. The van der Waals surface area contributed by atoms with Gasteiger partial charge >= 0.3 is 0 Å². The second-order valence-corrected chi connectivity index (χ2v) is 4.55. The molecule has 2 heteroatoms. The number of hydrogen-bond donors (Lipinski definition) is 1. The highest BCUT2D eigenvalue weighted by molar-refractivity contribution is 5.23. The van der Waals surface area contributed by atoms with Gasteiger partial charge in [0.1, 0.15) is 0 Å². The van der Waals surface area contributed by atoms with Crippen molar-refractivity contribution in [2.75, 3.05) is 0 Å². The quantitative estimate of drug-likeness (QED) is 0.847. The Morgan fingerprint density at radius 1 is 0.882 bits per heavy atom. The monoisotopic (exact) mass is 224 g/mol. The summed E-state index contributed by atoms with van der Waals surface area (Å²) in [7, 11) is 0. The molecule has 2 nitrogen and oxygen atoms in total. The molecular weight excluding hydrogens is 208 g/mol. The lowest BCUT2D eigenvalue weighted by atomic mass is 10.0. The molecule has 1 aliphatic rings. The molecule has 0 bridgehead atoms. The Labute approximate surface area is 102 Å². The van der Waals surface area contributed by atoms with Gasteiger partial charge in [-0.25, -0.2) is 0 Å². The third kappa shape index (κ3) is 2.22. The Hall–Kier alpha value is -1.67. The maximum absolute atomic E-state index is 4.19. The predicted molar refractivity (Wildman–Crippen MR) is 68.5 cm³/mol. The van der Waals surface area contributed by atoms with Crippen molar-refractivity contribution < 1.29 is 0 Å². The summed E-state index contributed by atoms with van der Waals surface area (Å²) in [4.78, 5) is 4.19. The fraction of sp³-hybridized carbons (Fsp3) is 0.267. The Morgan fingerprint density at radius 3 is 2.29 bits per heavy atom. The minimum Gasteiger partial charge on any atom is -0.303 e. The van der Waals surface area contributed by atoms with Gasteiger partial charge in [-0.3, -0.25) is 4.98 Å². The molecule has 0 saturated carbocycles. The summed E-state index contributed by atoms with van der Waals surface area (Å²) >= 11 is 0. The molecule has 1 N–H and O–H groups in total. The van der Waals surface area contributed by atoms with Crippen LogP contribution in [-0.4, -0.2) is 4.98 Å². The van der Waals surface area contributed by atoms with Crippen molar-refractivity contribution in [1.82, 2.24) is 10.3 Å². The molecule has 86 valence electrons. The summed E-state index contributed by atoms with van der Waals surface area (Å²) in [6.45, 7) is 0. The van der Waals surface area contributed by atoms with E-state index in [0.717, 1.165) is 0 Å². The highest BCUT2D eigenvalue weighted by Gasteiger charge is 2.25. The molecule has 1 saturated heterocycles. The van der Waals surface area contributed by atoms with E-state index in [1.165, 1.54) is 24.0 Å². The maximum atomic E-state index is 4.19. The molecule has 1 aromatic carbocycles. The van der Waals surface area contributed by atoms with Gasteiger partial charge in [0.15, 0.2) is 0 Å². The average molecular weight is 224 g/mol. The average Bonchev–Trinajstić information content (AvgIpc) is 2.90. The van der Waals surface area contributed by atoms with Crippen LogP contribution in [0.25, 0.3) is 0 Å². The topological polar surface area (TPSA) is 24.9 Å². The molecule has 0 spiro atoms. The molecule has 17 heavy (non-hydrogen) atoms. The highest BCUT2D eigenvalue weighted by Crippen LogP contribution is 2.33. The van der Waals surface area contributed by atoms with E-state index < -0.39 is 0 Å². The molecule has 2 aromatic rings. The van der Waals surface area contributed by atoms with Crippen LogP contribution in [0.15, 0.2) is 54.9 Å². The summed E-state index contributed by atoms with van der Waals surface area (Å²) in [5.41, 5.74) is 2.69. The normalized spacial score (nSPS) is 23.8. The van der Waals surface area contributed by atoms with Crippen molar-refractivity contribution in [3.05, 3.63) is 66.0 Å². The van der Waals surface area contributed by atoms with Gasteiger partial charge in [0, 0.05) is 24.5 Å². The van der Waals surface area contributed by atoms with Crippen LogP contribution in [0.5, 0.6) is 0 Å². The number of benzene rings is 1. The first-order valence-electron chi connectivity index (χ1n) is 6.14. The zero-order valence-corrected chi connectivity index (χ0v) is 9.71. The number of pyridine rings is 1. The second-order valence-electron chi connectivity index (χ2n) is 4.55. The van der Waals surface area contributed by atoms with Crippen LogP contribution in [0.1, 0.15) is 36.1 Å². The fourth-order valence-electron chi connectivity index (χ4n) is 2.54. The molecule has 2 heterocycles. The Kier molecular flexibility index (Phi) is 2.88. The van der Waals surface area contributed by atoms with Gasteiger partial charge in [-0.1, -0.05) is 36.4 Å². The summed E-state index contributed by atoms with van der Waals surface area (Å²) in [5, 5.41) is 3.68. The SMILES string of the molecule is c1ccc([C@@H]2CC[C@@H](c3cccnc3)N2)cc1. The van der Waals surface area contributed by atoms with Crippen molar-refractivity contribution >= 4 is 0 Å². The van der Waals surface area contributed by atoms with Gasteiger partial charge in [-0.2, -0.15) is 0 Å². The van der Waals surface area contributed by atoms with E-state index in [1.54, 1.807) is 0 Å². The molecule has 3 rings (SSSR count). The summed E-state index contributed by atoms with van der Waals surface area (Å²) in [5.74, 6) is 0. The minimum atomic E-state index is 0.453. The summed E-state index contributed by atoms with van der Waals surface area (Å²) in [6, 6.07) is 15.8. The zero-order valence-electron chi connectivity index (χ0n) is 9.71. The van der Waals surface area contributed by atoms with Crippen LogP contribution in [-0.2, 0) is 0 Å². The van der Waals surface area contributed by atoms with Gasteiger partial charge < -0.3 is 5.32 Å². The van der Waals surface area contributed by atoms with E-state index in [1.807, 2.05) is 18.5 Å². The van der Waals surface area contributed by atoms with E-state index in [4.69, 9.17) is 0 Å². The van der Waals surface area contributed by atoms with Crippen LogP contribution in [0.2, 0.25) is 0 Å². The third-order valence-electron chi connectivity index (χ3n) is 3.44. The van der Waals surface area contributed by atoms with Crippen LogP contribution in [0.4, 0.5) is 0 Å². The Balaban J connectivity index is 1.75. The lowest BCUT2D eigenvalue weighted by Crippen LogP contribution is -2.17. The van der Waals surface area contributed by atoms with E-state index in [0.29, 0.717) is 12.1 Å². The summed E-state index contributed by atoms with van der Waals surface area (Å²) < 4.78 is 0. The largest absolute Gasteiger partial charge is 0.303 e. The zero-order chi connectivity index (χ0) is 11.5. The first-order valence-corrected chi connectivity index (χ1v) is 6.14. The first-order chi connectivity index (χ1) is 8.43. The van der Waals surface area contributed by atoms with Gasteiger partial charge in [0.05, 0.1) is 0 Å². The second kappa shape index (κ2) is 4.68. The van der Waals surface area contributed by atoms with Crippen molar-refractivity contribution in [3.8, 4) is 0 Å². The molecular formula is C15H16N2. The first kappa shape index (κ1) is 10.5. The maximum Gasteiger partial charge on any atom is 0.0341 e. The Morgan fingerprint density at radius 2 is 1.59 bits per heavy atom. The lowest BCUT2D eigenvalue weighted by Gasteiger charge is -2.14. The van der Waals surface area contributed by atoms with E-state index in [9.17, 15) is 0 Å². The summed E-state index contributed by atoms with van der Waals surface area (Å²) in [6.07, 6.45) is 6.17. The van der Waals surface area contributed by atoms with E-state index in [2.05, 4.69) is 46.7 Å². The molecule has 1 aliphatic heterocycles. The van der Waals surface area contributed by atoms with Crippen LogP contribution < -0.4 is 5.32 Å². The van der Waals surface area contributed by atoms with Crippen molar-refractivity contribution in [3.63, 3.8) is 0 Å². The van der Waals surface area contributed by atoms with Gasteiger partial charge in [0.25, 0.3) is 0 Å². The van der Waals surface area contributed by atoms with Gasteiger partial charge in [0.2, 0.25) is 0 Å². The molecule has 0 aliphatic carbocycles. The van der Waals surface area contributed by atoms with Crippen LogP contribution >= 0.6 is 0 Å². The van der Waals surface area contributed by atoms with Gasteiger partial charge in [-0.15, -0.1) is 0 Å². The molecule has 0 unspecified atom stereocenters. The molecule has 0 radical (unpaired) electrons. The van der Waals surface area contributed by atoms with E-state index >= 15 is 0 Å².